The highest BCUT2D eigenvalue weighted by Gasteiger charge is 2.09. The first-order chi connectivity index (χ1) is 11.6. The number of benzene rings is 2. The van der Waals surface area contributed by atoms with Gasteiger partial charge in [-0.15, -0.1) is 0 Å². The Kier molecular flexibility index (Phi) is 4.52. The maximum Gasteiger partial charge on any atom is 0.249 e. The van der Waals surface area contributed by atoms with E-state index in [1.807, 2.05) is 37.3 Å². The summed E-state index contributed by atoms with van der Waals surface area (Å²) in [5, 5.41) is 7.13. The van der Waals surface area contributed by atoms with Crippen molar-refractivity contribution in [3.63, 3.8) is 0 Å². The molecule has 120 valence electrons. The fourth-order valence-electron chi connectivity index (χ4n) is 2.27. The van der Waals surface area contributed by atoms with E-state index in [0.717, 1.165) is 11.3 Å². The highest BCUT2D eigenvalue weighted by molar-refractivity contribution is 6.01. The van der Waals surface area contributed by atoms with E-state index >= 15 is 0 Å². The smallest absolute Gasteiger partial charge is 0.249 e. The van der Waals surface area contributed by atoms with E-state index in [9.17, 15) is 9.18 Å². The third-order valence-corrected chi connectivity index (χ3v) is 3.38. The van der Waals surface area contributed by atoms with E-state index in [-0.39, 0.29) is 11.7 Å². The van der Waals surface area contributed by atoms with E-state index < -0.39 is 0 Å². The van der Waals surface area contributed by atoms with Crippen LogP contribution in [-0.2, 0) is 4.79 Å². The van der Waals surface area contributed by atoms with Gasteiger partial charge in [-0.25, -0.2) is 9.07 Å². The third-order valence-electron chi connectivity index (χ3n) is 3.38. The number of aromatic nitrogens is 2. The molecular formula is C19H16FN3O. The van der Waals surface area contributed by atoms with Crippen LogP contribution >= 0.6 is 0 Å². The Morgan fingerprint density at radius 3 is 2.54 bits per heavy atom. The molecule has 0 spiro atoms. The van der Waals surface area contributed by atoms with Crippen molar-refractivity contribution < 1.29 is 9.18 Å². The standard InChI is InChI=1S/C19H16FN3O/c1-14-13-18(23(22-14)17-10-8-16(20)9-11-17)21-19(24)12-7-15-5-3-2-4-6-15/h2-13H,1H3,(H,21,24)/b12-7+. The van der Waals surface area contributed by atoms with Crippen LogP contribution in [0.1, 0.15) is 11.3 Å². The predicted octanol–water partition coefficient (Wildman–Crippen LogP) is 3.97. The van der Waals surface area contributed by atoms with E-state index in [1.54, 1.807) is 29.0 Å². The lowest BCUT2D eigenvalue weighted by atomic mass is 10.2. The van der Waals surface area contributed by atoms with Crippen LogP contribution < -0.4 is 5.32 Å². The average molecular weight is 321 g/mol. The van der Waals surface area contributed by atoms with Gasteiger partial charge in [0.15, 0.2) is 0 Å². The summed E-state index contributed by atoms with van der Waals surface area (Å²) < 4.78 is 14.6. The van der Waals surface area contributed by atoms with E-state index in [0.29, 0.717) is 11.5 Å². The van der Waals surface area contributed by atoms with E-state index in [2.05, 4.69) is 10.4 Å². The predicted molar refractivity (Wildman–Crippen MR) is 92.4 cm³/mol. The van der Waals surface area contributed by atoms with Crippen molar-refractivity contribution >= 4 is 17.8 Å². The highest BCUT2D eigenvalue weighted by atomic mass is 19.1. The minimum absolute atomic E-state index is 0.262. The number of rotatable bonds is 4. The van der Waals surface area contributed by atoms with Crippen LogP contribution in [0.5, 0.6) is 0 Å². The maximum absolute atomic E-state index is 13.1. The van der Waals surface area contributed by atoms with Crippen molar-refractivity contribution in [2.75, 3.05) is 5.32 Å². The Labute approximate surface area is 139 Å². The van der Waals surface area contributed by atoms with Gasteiger partial charge in [0.05, 0.1) is 11.4 Å². The van der Waals surface area contributed by atoms with Gasteiger partial charge in [-0.2, -0.15) is 5.10 Å². The lowest BCUT2D eigenvalue weighted by Crippen LogP contribution is -2.12. The Bertz CT molecular complexity index is 867. The molecule has 0 unspecified atom stereocenters. The number of halogens is 1. The molecule has 4 nitrogen and oxygen atoms in total. The lowest BCUT2D eigenvalue weighted by Gasteiger charge is -2.07. The molecule has 3 aromatic rings. The molecule has 0 bridgehead atoms. The second kappa shape index (κ2) is 6.91. The molecule has 24 heavy (non-hydrogen) atoms. The summed E-state index contributed by atoms with van der Waals surface area (Å²) >= 11 is 0. The Morgan fingerprint density at radius 1 is 1.12 bits per heavy atom. The monoisotopic (exact) mass is 321 g/mol. The van der Waals surface area contributed by atoms with Crippen molar-refractivity contribution in [3.05, 3.63) is 83.8 Å². The van der Waals surface area contributed by atoms with Gasteiger partial charge in [-0.05, 0) is 42.8 Å². The number of amides is 1. The summed E-state index contributed by atoms with van der Waals surface area (Å²) in [4.78, 5) is 12.1. The fourth-order valence-corrected chi connectivity index (χ4v) is 2.27. The van der Waals surface area contributed by atoms with Gasteiger partial charge >= 0.3 is 0 Å². The van der Waals surface area contributed by atoms with Crippen molar-refractivity contribution in [2.24, 2.45) is 0 Å². The molecular weight excluding hydrogens is 305 g/mol. The van der Waals surface area contributed by atoms with Crippen LogP contribution in [0, 0.1) is 12.7 Å². The van der Waals surface area contributed by atoms with Gasteiger partial charge in [0.25, 0.3) is 0 Å². The fraction of sp³-hybridized carbons (Fsp3) is 0.0526. The summed E-state index contributed by atoms with van der Waals surface area (Å²) in [7, 11) is 0. The van der Waals surface area contributed by atoms with Crippen LogP contribution in [-0.4, -0.2) is 15.7 Å². The number of nitrogens with one attached hydrogen (secondary N) is 1. The average Bonchev–Trinajstić information content (AvgIpc) is 2.95. The molecule has 0 fully saturated rings. The van der Waals surface area contributed by atoms with Crippen LogP contribution in [0.15, 0.2) is 66.7 Å². The number of hydrogen-bond acceptors (Lipinski definition) is 2. The normalized spacial score (nSPS) is 10.9. The molecule has 3 rings (SSSR count). The Morgan fingerprint density at radius 2 is 1.83 bits per heavy atom. The highest BCUT2D eigenvalue weighted by Crippen LogP contribution is 2.17. The molecule has 2 aromatic carbocycles. The molecule has 0 saturated heterocycles. The Hall–Kier alpha value is -3.21. The first-order valence-electron chi connectivity index (χ1n) is 7.48. The van der Waals surface area contributed by atoms with Crippen molar-refractivity contribution in [1.82, 2.24) is 9.78 Å². The number of carbonyl (C=O) groups is 1. The number of anilines is 1. The van der Waals surface area contributed by atoms with Gasteiger partial charge in [0, 0.05) is 12.1 Å². The van der Waals surface area contributed by atoms with E-state index in [4.69, 9.17) is 0 Å². The molecule has 0 saturated carbocycles. The molecule has 0 aliphatic carbocycles. The molecule has 1 aromatic heterocycles. The summed E-state index contributed by atoms with van der Waals surface area (Å²) in [5.74, 6) is -0.0528. The summed E-state index contributed by atoms with van der Waals surface area (Å²) in [6.07, 6.45) is 3.20. The molecule has 1 amide bonds. The molecule has 1 N–H and O–H groups in total. The quantitative estimate of drug-likeness (QED) is 0.739. The SMILES string of the molecule is Cc1cc(NC(=O)/C=C/c2ccccc2)n(-c2ccc(F)cc2)n1. The summed E-state index contributed by atoms with van der Waals surface area (Å²) in [6.45, 7) is 1.83. The van der Waals surface area contributed by atoms with Crippen molar-refractivity contribution in [3.8, 4) is 5.69 Å². The second-order valence-corrected chi connectivity index (χ2v) is 5.29. The van der Waals surface area contributed by atoms with Crippen LogP contribution in [0.4, 0.5) is 10.2 Å². The lowest BCUT2D eigenvalue weighted by molar-refractivity contribution is -0.111. The van der Waals surface area contributed by atoms with Gasteiger partial charge in [-0.3, -0.25) is 4.79 Å². The zero-order valence-corrected chi connectivity index (χ0v) is 13.1. The van der Waals surface area contributed by atoms with Crippen LogP contribution in [0.25, 0.3) is 11.8 Å². The number of aryl methyl sites for hydroxylation is 1. The maximum atomic E-state index is 13.1. The van der Waals surface area contributed by atoms with Crippen LogP contribution in [0.3, 0.4) is 0 Å². The zero-order valence-electron chi connectivity index (χ0n) is 13.1. The molecule has 0 atom stereocenters. The number of hydrogen-bond donors (Lipinski definition) is 1. The van der Waals surface area contributed by atoms with E-state index in [1.165, 1.54) is 18.2 Å². The minimum Gasteiger partial charge on any atom is -0.307 e. The van der Waals surface area contributed by atoms with Gasteiger partial charge < -0.3 is 5.32 Å². The van der Waals surface area contributed by atoms with Gasteiger partial charge in [0.1, 0.15) is 11.6 Å². The van der Waals surface area contributed by atoms with Crippen LogP contribution in [0.2, 0.25) is 0 Å². The zero-order chi connectivity index (χ0) is 16.9. The third kappa shape index (κ3) is 3.76. The van der Waals surface area contributed by atoms with Crippen molar-refractivity contribution in [1.29, 1.82) is 0 Å². The van der Waals surface area contributed by atoms with Gasteiger partial charge in [-0.1, -0.05) is 30.3 Å². The van der Waals surface area contributed by atoms with Crippen molar-refractivity contribution in [2.45, 2.75) is 6.92 Å². The summed E-state index contributed by atoms with van der Waals surface area (Å²) in [5.41, 5.74) is 2.37. The second-order valence-electron chi connectivity index (χ2n) is 5.29. The first kappa shape index (κ1) is 15.7. The number of carbonyl (C=O) groups excluding carboxylic acids is 1. The first-order valence-corrected chi connectivity index (χ1v) is 7.48. The molecule has 1 heterocycles. The largest absolute Gasteiger partial charge is 0.307 e. The topological polar surface area (TPSA) is 46.9 Å². The molecule has 0 aliphatic rings. The molecule has 5 heteroatoms. The molecule has 0 radical (unpaired) electrons. The molecule has 0 aliphatic heterocycles. The number of nitrogens with zero attached hydrogens (tertiary/aromatic N) is 2. The Balaban J connectivity index is 1.79. The van der Waals surface area contributed by atoms with Gasteiger partial charge in [0.2, 0.25) is 5.91 Å². The minimum atomic E-state index is -0.320. The summed E-state index contributed by atoms with van der Waals surface area (Å²) in [6, 6.07) is 17.2.